The zero-order valence-corrected chi connectivity index (χ0v) is 10.6. The molecule has 2 N–H and O–H groups in total. The van der Waals surface area contributed by atoms with E-state index >= 15 is 0 Å². The van der Waals surface area contributed by atoms with Crippen molar-refractivity contribution in [2.24, 2.45) is 0 Å². The van der Waals surface area contributed by atoms with Crippen molar-refractivity contribution in [3.8, 4) is 11.1 Å². The van der Waals surface area contributed by atoms with E-state index in [0.717, 1.165) is 20.6 Å². The first kappa shape index (κ1) is 11.0. The summed E-state index contributed by atoms with van der Waals surface area (Å²) in [6.45, 7) is 2.03. The molecule has 0 saturated heterocycles. The third kappa shape index (κ3) is 1.60. The highest BCUT2D eigenvalue weighted by Crippen LogP contribution is 2.30. The molecule has 0 bridgehead atoms. The Kier molecular flexibility index (Phi) is 2.41. The van der Waals surface area contributed by atoms with Gasteiger partial charge in [-0.3, -0.25) is 4.79 Å². The van der Waals surface area contributed by atoms with Gasteiger partial charge in [-0.25, -0.2) is 9.66 Å². The average Bonchev–Trinajstić information content (AvgIpc) is 2.79. The number of nitrogen functional groups attached to an aromatic ring is 1. The van der Waals surface area contributed by atoms with E-state index in [1.165, 1.54) is 23.2 Å². The Balaban J connectivity index is 2.33. The van der Waals surface area contributed by atoms with Crippen LogP contribution in [0.1, 0.15) is 5.56 Å². The molecule has 0 atom stereocenters. The minimum atomic E-state index is -0.211. The standard InChI is InChI=1S/C13H11N3OS/c1-8-2-4-9(5-3-8)10-6-18-12-11(10)13(17)16(14)7-15-12/h2-7H,14H2,1H3. The highest BCUT2D eigenvalue weighted by Gasteiger charge is 2.12. The topological polar surface area (TPSA) is 60.9 Å². The van der Waals surface area contributed by atoms with Gasteiger partial charge in [0, 0.05) is 10.9 Å². The van der Waals surface area contributed by atoms with Crippen LogP contribution in [0.5, 0.6) is 0 Å². The lowest BCUT2D eigenvalue weighted by Crippen LogP contribution is -2.26. The number of aryl methyl sites for hydroxylation is 1. The van der Waals surface area contributed by atoms with Gasteiger partial charge < -0.3 is 5.84 Å². The lowest BCUT2D eigenvalue weighted by Gasteiger charge is -2.01. The summed E-state index contributed by atoms with van der Waals surface area (Å²) in [5.41, 5.74) is 2.88. The predicted molar refractivity (Wildman–Crippen MR) is 74.2 cm³/mol. The smallest absolute Gasteiger partial charge is 0.281 e. The Hall–Kier alpha value is -2.14. The van der Waals surface area contributed by atoms with Crippen molar-refractivity contribution in [2.45, 2.75) is 6.92 Å². The maximum atomic E-state index is 12.1. The number of hydrogen-bond acceptors (Lipinski definition) is 4. The summed E-state index contributed by atoms with van der Waals surface area (Å²) in [4.78, 5) is 16.9. The van der Waals surface area contributed by atoms with Crippen LogP contribution in [0.3, 0.4) is 0 Å². The zero-order chi connectivity index (χ0) is 12.7. The van der Waals surface area contributed by atoms with Crippen LogP contribution >= 0.6 is 11.3 Å². The van der Waals surface area contributed by atoms with Crippen molar-refractivity contribution in [3.63, 3.8) is 0 Å². The Bertz CT molecular complexity index is 771. The SMILES string of the molecule is Cc1ccc(-c2csc3ncn(N)c(=O)c23)cc1. The van der Waals surface area contributed by atoms with E-state index in [4.69, 9.17) is 5.84 Å². The van der Waals surface area contributed by atoms with Crippen molar-refractivity contribution in [3.05, 3.63) is 51.9 Å². The highest BCUT2D eigenvalue weighted by atomic mass is 32.1. The highest BCUT2D eigenvalue weighted by molar-refractivity contribution is 7.17. The Morgan fingerprint density at radius 3 is 2.72 bits per heavy atom. The summed E-state index contributed by atoms with van der Waals surface area (Å²) in [6, 6.07) is 8.06. The van der Waals surface area contributed by atoms with Gasteiger partial charge in [0.25, 0.3) is 5.56 Å². The molecule has 0 saturated carbocycles. The lowest BCUT2D eigenvalue weighted by molar-refractivity contribution is 0.916. The minimum absolute atomic E-state index is 0.211. The number of benzene rings is 1. The molecule has 5 heteroatoms. The second-order valence-electron chi connectivity index (χ2n) is 4.15. The van der Waals surface area contributed by atoms with Gasteiger partial charge in [-0.15, -0.1) is 11.3 Å². The zero-order valence-electron chi connectivity index (χ0n) is 9.75. The molecule has 0 aliphatic heterocycles. The Morgan fingerprint density at radius 1 is 1.28 bits per heavy atom. The van der Waals surface area contributed by atoms with Crippen LogP contribution in [-0.2, 0) is 0 Å². The van der Waals surface area contributed by atoms with Crippen LogP contribution in [0, 0.1) is 6.92 Å². The normalized spacial score (nSPS) is 10.9. The number of thiophene rings is 1. The molecule has 90 valence electrons. The van der Waals surface area contributed by atoms with E-state index in [0.29, 0.717) is 5.39 Å². The van der Waals surface area contributed by atoms with Crippen LogP contribution in [0.25, 0.3) is 21.3 Å². The van der Waals surface area contributed by atoms with Crippen molar-refractivity contribution < 1.29 is 0 Å². The lowest BCUT2D eigenvalue weighted by atomic mass is 10.1. The molecule has 2 heterocycles. The van der Waals surface area contributed by atoms with Gasteiger partial charge in [-0.1, -0.05) is 29.8 Å². The van der Waals surface area contributed by atoms with Crippen LogP contribution in [0.15, 0.2) is 40.8 Å². The van der Waals surface area contributed by atoms with Crippen LogP contribution in [0.2, 0.25) is 0 Å². The summed E-state index contributed by atoms with van der Waals surface area (Å²) in [7, 11) is 0. The van der Waals surface area contributed by atoms with Gasteiger partial charge in [0.2, 0.25) is 0 Å². The second kappa shape index (κ2) is 3.96. The molecule has 2 aromatic heterocycles. The Labute approximate surface area is 107 Å². The molecule has 4 nitrogen and oxygen atoms in total. The number of fused-ring (bicyclic) bond motifs is 1. The number of hydrogen-bond donors (Lipinski definition) is 1. The maximum Gasteiger partial charge on any atom is 0.281 e. The Morgan fingerprint density at radius 2 is 2.00 bits per heavy atom. The van der Waals surface area contributed by atoms with E-state index in [-0.39, 0.29) is 5.56 Å². The van der Waals surface area contributed by atoms with E-state index in [9.17, 15) is 4.79 Å². The molecule has 1 aromatic carbocycles. The third-order valence-electron chi connectivity index (χ3n) is 2.88. The van der Waals surface area contributed by atoms with E-state index in [2.05, 4.69) is 4.98 Å². The minimum Gasteiger partial charge on any atom is -0.335 e. The summed E-state index contributed by atoms with van der Waals surface area (Å²) in [5.74, 6) is 5.56. The monoisotopic (exact) mass is 257 g/mol. The van der Waals surface area contributed by atoms with Gasteiger partial charge in [0.15, 0.2) is 0 Å². The molecular weight excluding hydrogens is 246 g/mol. The fourth-order valence-electron chi connectivity index (χ4n) is 1.89. The van der Waals surface area contributed by atoms with Crippen molar-refractivity contribution >= 4 is 21.6 Å². The third-order valence-corrected chi connectivity index (χ3v) is 3.77. The number of aromatic nitrogens is 2. The summed E-state index contributed by atoms with van der Waals surface area (Å²) in [5, 5.41) is 2.54. The summed E-state index contributed by atoms with van der Waals surface area (Å²) in [6.07, 6.45) is 1.35. The van der Waals surface area contributed by atoms with Gasteiger partial charge in [0.1, 0.15) is 11.2 Å². The maximum absolute atomic E-state index is 12.1. The predicted octanol–water partition coefficient (Wildman–Crippen LogP) is 2.15. The molecular formula is C13H11N3OS. The largest absolute Gasteiger partial charge is 0.335 e. The fraction of sp³-hybridized carbons (Fsp3) is 0.0769. The first-order chi connectivity index (χ1) is 8.66. The summed E-state index contributed by atoms with van der Waals surface area (Å²) >= 11 is 1.46. The molecule has 0 amide bonds. The van der Waals surface area contributed by atoms with Crippen molar-refractivity contribution in [1.29, 1.82) is 0 Å². The number of rotatable bonds is 1. The molecule has 0 unspecified atom stereocenters. The molecule has 0 fully saturated rings. The average molecular weight is 257 g/mol. The van der Waals surface area contributed by atoms with Gasteiger partial charge in [-0.2, -0.15) is 0 Å². The van der Waals surface area contributed by atoms with Crippen LogP contribution < -0.4 is 11.4 Å². The van der Waals surface area contributed by atoms with Gasteiger partial charge in [-0.05, 0) is 12.5 Å². The number of nitrogens with zero attached hydrogens (tertiary/aromatic N) is 2. The molecule has 0 spiro atoms. The molecule has 0 aliphatic carbocycles. The first-order valence-corrected chi connectivity index (χ1v) is 6.36. The number of nitrogens with two attached hydrogens (primary N) is 1. The quantitative estimate of drug-likeness (QED) is 0.679. The van der Waals surface area contributed by atoms with E-state index < -0.39 is 0 Å². The van der Waals surface area contributed by atoms with E-state index in [1.54, 1.807) is 0 Å². The van der Waals surface area contributed by atoms with Crippen LogP contribution in [0.4, 0.5) is 0 Å². The summed E-state index contributed by atoms with van der Waals surface area (Å²) < 4.78 is 1.02. The van der Waals surface area contributed by atoms with E-state index in [1.807, 2.05) is 36.6 Å². The second-order valence-corrected chi connectivity index (χ2v) is 5.01. The molecule has 0 aliphatic rings. The van der Waals surface area contributed by atoms with Crippen LogP contribution in [-0.4, -0.2) is 9.66 Å². The van der Waals surface area contributed by atoms with Crippen molar-refractivity contribution in [1.82, 2.24) is 9.66 Å². The molecule has 3 rings (SSSR count). The molecule has 0 radical (unpaired) electrons. The molecule has 3 aromatic rings. The van der Waals surface area contributed by atoms with Gasteiger partial charge >= 0.3 is 0 Å². The van der Waals surface area contributed by atoms with Gasteiger partial charge in [0.05, 0.1) is 5.39 Å². The molecule has 18 heavy (non-hydrogen) atoms. The fourth-order valence-corrected chi connectivity index (χ4v) is 2.80. The van der Waals surface area contributed by atoms with Crippen molar-refractivity contribution in [2.75, 3.05) is 5.84 Å². The first-order valence-electron chi connectivity index (χ1n) is 5.48.